The topological polar surface area (TPSA) is 56.8 Å². The molecule has 5 nitrogen and oxygen atoms in total. The van der Waals surface area contributed by atoms with Gasteiger partial charge in [-0.15, -0.1) is 0 Å². The third-order valence-electron chi connectivity index (χ3n) is 4.20. The van der Waals surface area contributed by atoms with Gasteiger partial charge in [0.25, 0.3) is 0 Å². The molecular weight excluding hydrogens is 349 g/mol. The van der Waals surface area contributed by atoms with Gasteiger partial charge in [-0.3, -0.25) is 4.79 Å². The minimum Gasteiger partial charge on any atom is -0.493 e. The van der Waals surface area contributed by atoms with E-state index in [1.807, 2.05) is 0 Å². The second-order valence-electron chi connectivity index (χ2n) is 5.53. The summed E-state index contributed by atoms with van der Waals surface area (Å²) in [4.78, 5) is 12.6. The summed E-state index contributed by atoms with van der Waals surface area (Å²) in [7, 11) is 4.44. The number of hydrogen-bond donors (Lipinski definition) is 1. The minimum absolute atomic E-state index is 0.0578. The SMILES string of the molecule is COc1cc2c(c(OC)c1OC)C(c1cc(Cl)ccc1F)C(=O)CN2. The Labute approximate surface area is 149 Å². The van der Waals surface area contributed by atoms with Crippen molar-refractivity contribution >= 4 is 23.1 Å². The Morgan fingerprint density at radius 3 is 2.48 bits per heavy atom. The molecule has 0 saturated carbocycles. The van der Waals surface area contributed by atoms with Crippen LogP contribution in [-0.4, -0.2) is 33.7 Å². The number of ether oxygens (including phenoxy) is 3. The Kier molecular flexibility index (Phi) is 4.72. The van der Waals surface area contributed by atoms with Gasteiger partial charge in [0.05, 0.1) is 33.8 Å². The van der Waals surface area contributed by atoms with E-state index in [-0.39, 0.29) is 17.9 Å². The highest BCUT2D eigenvalue weighted by atomic mass is 35.5. The van der Waals surface area contributed by atoms with E-state index >= 15 is 0 Å². The summed E-state index contributed by atoms with van der Waals surface area (Å²) in [6.45, 7) is 0.0578. The molecule has 2 aromatic carbocycles. The van der Waals surface area contributed by atoms with E-state index in [0.29, 0.717) is 33.5 Å². The van der Waals surface area contributed by atoms with Gasteiger partial charge in [-0.1, -0.05) is 11.6 Å². The third kappa shape index (κ3) is 2.87. The van der Waals surface area contributed by atoms with Crippen molar-refractivity contribution < 1.29 is 23.4 Å². The van der Waals surface area contributed by atoms with Crippen molar-refractivity contribution in [3.8, 4) is 17.2 Å². The molecule has 0 radical (unpaired) electrons. The number of Topliss-reactive ketones (excluding diaryl/α,β-unsaturated/α-hetero) is 1. The molecule has 0 aliphatic carbocycles. The van der Waals surface area contributed by atoms with E-state index in [1.54, 1.807) is 6.07 Å². The van der Waals surface area contributed by atoms with Crippen LogP contribution in [0, 0.1) is 5.82 Å². The van der Waals surface area contributed by atoms with Crippen LogP contribution in [-0.2, 0) is 4.79 Å². The van der Waals surface area contributed by atoms with E-state index in [2.05, 4.69) is 5.32 Å². The molecule has 0 amide bonds. The summed E-state index contributed by atoms with van der Waals surface area (Å²) in [6.07, 6.45) is 0. The summed E-state index contributed by atoms with van der Waals surface area (Å²) >= 11 is 6.02. The number of carbonyl (C=O) groups is 1. The van der Waals surface area contributed by atoms with Crippen LogP contribution in [0.2, 0.25) is 5.02 Å². The van der Waals surface area contributed by atoms with Crippen molar-refractivity contribution in [3.63, 3.8) is 0 Å². The molecule has 2 aromatic rings. The van der Waals surface area contributed by atoms with Crippen molar-refractivity contribution in [3.05, 3.63) is 46.2 Å². The van der Waals surface area contributed by atoms with Crippen molar-refractivity contribution in [2.75, 3.05) is 33.2 Å². The fourth-order valence-electron chi connectivity index (χ4n) is 3.12. The van der Waals surface area contributed by atoms with Gasteiger partial charge in [0.15, 0.2) is 17.3 Å². The molecule has 132 valence electrons. The predicted octanol–water partition coefficient (Wildman–Crippen LogP) is 3.63. The highest BCUT2D eigenvalue weighted by Gasteiger charge is 2.36. The van der Waals surface area contributed by atoms with Crippen molar-refractivity contribution in [2.45, 2.75) is 5.92 Å². The average molecular weight is 366 g/mol. The van der Waals surface area contributed by atoms with Gasteiger partial charge in [0.1, 0.15) is 5.82 Å². The van der Waals surface area contributed by atoms with Crippen molar-refractivity contribution in [1.82, 2.24) is 0 Å². The van der Waals surface area contributed by atoms with E-state index in [1.165, 1.54) is 39.5 Å². The van der Waals surface area contributed by atoms with Crippen LogP contribution < -0.4 is 19.5 Å². The van der Waals surface area contributed by atoms with Crippen molar-refractivity contribution in [2.24, 2.45) is 0 Å². The molecule has 0 aromatic heterocycles. The standard InChI is InChI=1S/C18H17ClFNO4/c1-23-14-7-12-16(18(25-3)17(14)24-2)15(13(22)8-21-12)10-6-9(19)4-5-11(10)20/h4-7,15,21H,8H2,1-3H3. The summed E-state index contributed by atoms with van der Waals surface area (Å²) < 4.78 is 30.7. The molecule has 0 fully saturated rings. The summed E-state index contributed by atoms with van der Waals surface area (Å²) in [5.41, 5.74) is 1.32. The first-order chi connectivity index (χ1) is 12.0. The Morgan fingerprint density at radius 1 is 1.12 bits per heavy atom. The van der Waals surface area contributed by atoms with Crippen LogP contribution >= 0.6 is 11.6 Å². The number of hydrogen-bond acceptors (Lipinski definition) is 5. The zero-order valence-corrected chi connectivity index (χ0v) is 14.7. The zero-order valence-electron chi connectivity index (χ0n) is 14.0. The molecule has 0 saturated heterocycles. The number of ketones is 1. The highest BCUT2D eigenvalue weighted by Crippen LogP contribution is 2.50. The number of benzene rings is 2. The maximum Gasteiger partial charge on any atom is 0.203 e. The Balaban J connectivity index is 2.31. The quantitative estimate of drug-likeness (QED) is 0.896. The molecule has 1 aliphatic rings. The van der Waals surface area contributed by atoms with E-state index in [4.69, 9.17) is 25.8 Å². The first-order valence-corrected chi connectivity index (χ1v) is 7.94. The molecule has 7 heteroatoms. The van der Waals surface area contributed by atoms with Gasteiger partial charge < -0.3 is 19.5 Å². The second kappa shape index (κ2) is 6.80. The lowest BCUT2D eigenvalue weighted by Crippen LogP contribution is -2.29. The second-order valence-corrected chi connectivity index (χ2v) is 5.96. The van der Waals surface area contributed by atoms with E-state index in [0.717, 1.165) is 0 Å². The molecule has 1 unspecified atom stereocenters. The zero-order chi connectivity index (χ0) is 18.1. The van der Waals surface area contributed by atoms with E-state index in [9.17, 15) is 9.18 Å². The highest BCUT2D eigenvalue weighted by molar-refractivity contribution is 6.30. The number of methoxy groups -OCH3 is 3. The number of halogens is 2. The lowest BCUT2D eigenvalue weighted by atomic mass is 9.83. The molecule has 1 heterocycles. The number of anilines is 1. The summed E-state index contributed by atoms with van der Waals surface area (Å²) in [6, 6.07) is 5.86. The van der Waals surface area contributed by atoms with Crippen molar-refractivity contribution in [1.29, 1.82) is 0 Å². The van der Waals surface area contributed by atoms with Gasteiger partial charge in [-0.2, -0.15) is 0 Å². The third-order valence-corrected chi connectivity index (χ3v) is 4.44. The van der Waals surface area contributed by atoms with Gasteiger partial charge in [-0.25, -0.2) is 4.39 Å². The van der Waals surface area contributed by atoms with Gasteiger partial charge in [-0.05, 0) is 18.2 Å². The van der Waals surface area contributed by atoms with Gasteiger partial charge in [0, 0.05) is 27.9 Å². The van der Waals surface area contributed by atoms with E-state index < -0.39 is 11.7 Å². The number of fused-ring (bicyclic) bond motifs is 1. The number of carbonyl (C=O) groups excluding carboxylic acids is 1. The average Bonchev–Trinajstić information content (AvgIpc) is 2.62. The normalized spacial score (nSPS) is 16.0. The molecule has 1 atom stereocenters. The lowest BCUT2D eigenvalue weighted by Gasteiger charge is -2.29. The first-order valence-electron chi connectivity index (χ1n) is 7.56. The Morgan fingerprint density at radius 2 is 1.84 bits per heavy atom. The fraction of sp³-hybridized carbons (Fsp3) is 0.278. The van der Waals surface area contributed by atoms with Crippen LogP contribution in [0.5, 0.6) is 17.2 Å². The fourth-order valence-corrected chi connectivity index (χ4v) is 3.30. The summed E-state index contributed by atoms with van der Waals surface area (Å²) in [5.74, 6) is -0.448. The first kappa shape index (κ1) is 17.4. The van der Waals surface area contributed by atoms with Crippen LogP contribution in [0.4, 0.5) is 10.1 Å². The molecular formula is C18H17ClFNO4. The van der Waals surface area contributed by atoms with Crippen LogP contribution in [0.1, 0.15) is 17.0 Å². The summed E-state index contributed by atoms with van der Waals surface area (Å²) in [5, 5.41) is 3.38. The Bertz CT molecular complexity index is 840. The molecule has 1 N–H and O–H groups in total. The lowest BCUT2D eigenvalue weighted by molar-refractivity contribution is -0.118. The predicted molar refractivity (Wildman–Crippen MR) is 92.8 cm³/mol. The number of rotatable bonds is 4. The largest absolute Gasteiger partial charge is 0.493 e. The smallest absolute Gasteiger partial charge is 0.203 e. The minimum atomic E-state index is -0.857. The molecule has 0 spiro atoms. The monoisotopic (exact) mass is 365 g/mol. The van der Waals surface area contributed by atoms with Crippen LogP contribution in [0.15, 0.2) is 24.3 Å². The van der Waals surface area contributed by atoms with Crippen LogP contribution in [0.3, 0.4) is 0 Å². The van der Waals surface area contributed by atoms with Gasteiger partial charge >= 0.3 is 0 Å². The molecule has 0 bridgehead atoms. The maximum absolute atomic E-state index is 14.5. The molecule has 25 heavy (non-hydrogen) atoms. The van der Waals surface area contributed by atoms with Crippen LogP contribution in [0.25, 0.3) is 0 Å². The molecule has 1 aliphatic heterocycles. The number of nitrogens with one attached hydrogen (secondary N) is 1. The Hall–Kier alpha value is -2.47. The molecule has 3 rings (SSSR count). The van der Waals surface area contributed by atoms with Gasteiger partial charge in [0.2, 0.25) is 5.75 Å². The maximum atomic E-state index is 14.5.